The normalized spacial score (nSPS) is 15.6. The molecule has 1 saturated heterocycles. The largest absolute Gasteiger partial charge is 0.478 e. The second kappa shape index (κ2) is 9.23. The van der Waals surface area contributed by atoms with Crippen LogP contribution in [0, 0.1) is 6.92 Å². The van der Waals surface area contributed by atoms with E-state index in [9.17, 15) is 14.7 Å². The van der Waals surface area contributed by atoms with Gasteiger partial charge in [0.05, 0.1) is 28.6 Å². The minimum Gasteiger partial charge on any atom is -0.478 e. The van der Waals surface area contributed by atoms with Gasteiger partial charge in [0.1, 0.15) is 0 Å². The summed E-state index contributed by atoms with van der Waals surface area (Å²) in [6.45, 7) is 5.44. The second-order valence-corrected chi connectivity index (χ2v) is 8.67. The van der Waals surface area contributed by atoms with Crippen molar-refractivity contribution in [2.24, 2.45) is 7.05 Å². The van der Waals surface area contributed by atoms with Crippen molar-refractivity contribution in [3.8, 4) is 0 Å². The maximum Gasteiger partial charge on any atom is 0.337 e. The average Bonchev–Trinajstić information content (AvgIpc) is 2.81. The Bertz CT molecular complexity index is 1250. The van der Waals surface area contributed by atoms with Crippen molar-refractivity contribution >= 4 is 28.5 Å². The van der Waals surface area contributed by atoms with Crippen molar-refractivity contribution in [1.29, 1.82) is 0 Å². The Hall–Kier alpha value is -3.39. The van der Waals surface area contributed by atoms with Gasteiger partial charge in [-0.05, 0) is 50.5 Å². The minimum atomic E-state index is -0.992. The molecule has 1 aliphatic heterocycles. The summed E-state index contributed by atoms with van der Waals surface area (Å²) >= 11 is 0. The maximum atomic E-state index is 13.3. The van der Waals surface area contributed by atoms with Crippen LogP contribution in [0.3, 0.4) is 0 Å². The number of rotatable bonds is 6. The molecule has 1 unspecified atom stereocenters. The lowest BCUT2D eigenvalue weighted by Gasteiger charge is -2.33. The number of benzene rings is 2. The summed E-state index contributed by atoms with van der Waals surface area (Å²) in [4.78, 5) is 32.1. The third kappa shape index (κ3) is 4.43. The van der Waals surface area contributed by atoms with E-state index in [1.165, 1.54) is 0 Å². The van der Waals surface area contributed by atoms with E-state index in [0.29, 0.717) is 22.5 Å². The van der Waals surface area contributed by atoms with Gasteiger partial charge in [-0.2, -0.15) is 0 Å². The fourth-order valence-electron chi connectivity index (χ4n) is 4.55. The lowest BCUT2D eigenvalue weighted by atomic mass is 10.0. The Kier molecular flexibility index (Phi) is 6.37. The lowest BCUT2D eigenvalue weighted by Crippen LogP contribution is -2.40. The molecule has 8 nitrogen and oxygen atoms in total. The van der Waals surface area contributed by atoms with E-state index < -0.39 is 5.97 Å². The molecule has 0 bridgehead atoms. The van der Waals surface area contributed by atoms with Crippen LogP contribution in [0.2, 0.25) is 0 Å². The number of carboxylic acid groups (broad SMARTS) is 1. The number of hydrogen-bond acceptors (Lipinski definition) is 6. The van der Waals surface area contributed by atoms with Gasteiger partial charge in [0.15, 0.2) is 0 Å². The molecule has 4 rings (SSSR count). The van der Waals surface area contributed by atoms with Crippen LogP contribution < -0.4 is 15.8 Å². The molecule has 1 aliphatic rings. The first-order valence-electron chi connectivity index (χ1n) is 11.2. The molecule has 0 saturated carbocycles. The summed E-state index contributed by atoms with van der Waals surface area (Å²) < 4.78 is 7.10. The van der Waals surface area contributed by atoms with Crippen LogP contribution in [0.5, 0.6) is 0 Å². The number of fused-ring (bicyclic) bond motifs is 1. The van der Waals surface area contributed by atoms with Crippen molar-refractivity contribution < 1.29 is 14.6 Å². The van der Waals surface area contributed by atoms with Gasteiger partial charge >= 0.3 is 5.97 Å². The highest BCUT2D eigenvalue weighted by molar-refractivity contribution is 5.94. The van der Waals surface area contributed by atoms with Gasteiger partial charge in [0, 0.05) is 38.5 Å². The molecule has 1 atom stereocenters. The smallest absolute Gasteiger partial charge is 0.337 e. The van der Waals surface area contributed by atoms with Crippen LogP contribution in [-0.2, 0) is 11.8 Å². The number of anilines is 2. The van der Waals surface area contributed by atoms with E-state index in [0.717, 1.165) is 37.1 Å². The van der Waals surface area contributed by atoms with Gasteiger partial charge in [-0.15, -0.1) is 0 Å². The number of carbonyl (C=O) groups is 1. The zero-order valence-electron chi connectivity index (χ0n) is 19.5. The predicted molar refractivity (Wildman–Crippen MR) is 129 cm³/mol. The van der Waals surface area contributed by atoms with Crippen LogP contribution in [0.4, 0.5) is 11.6 Å². The number of methoxy groups -OCH3 is 1. The highest BCUT2D eigenvalue weighted by Crippen LogP contribution is 2.29. The number of para-hydroxylation sites is 1. The van der Waals surface area contributed by atoms with E-state index >= 15 is 0 Å². The van der Waals surface area contributed by atoms with E-state index in [2.05, 4.69) is 10.2 Å². The van der Waals surface area contributed by atoms with Crippen LogP contribution in [0.15, 0.2) is 41.2 Å². The molecule has 0 amide bonds. The highest BCUT2D eigenvalue weighted by atomic mass is 16.5. The lowest BCUT2D eigenvalue weighted by molar-refractivity contribution is 0.0698. The van der Waals surface area contributed by atoms with Gasteiger partial charge in [0.25, 0.3) is 5.56 Å². The van der Waals surface area contributed by atoms with E-state index in [1.54, 1.807) is 43.0 Å². The first-order chi connectivity index (χ1) is 15.8. The van der Waals surface area contributed by atoms with Crippen LogP contribution in [-0.4, -0.2) is 46.9 Å². The van der Waals surface area contributed by atoms with Gasteiger partial charge in [-0.25, -0.2) is 9.78 Å². The summed E-state index contributed by atoms with van der Waals surface area (Å²) in [6, 6.07) is 10.4. The number of piperidine rings is 1. The molecule has 3 aromatic rings. The Morgan fingerprint density at radius 3 is 2.61 bits per heavy atom. The third-order valence-corrected chi connectivity index (χ3v) is 6.38. The van der Waals surface area contributed by atoms with Crippen molar-refractivity contribution in [2.45, 2.75) is 38.8 Å². The molecule has 0 spiro atoms. The number of aryl methyl sites for hydroxylation is 1. The predicted octanol–water partition coefficient (Wildman–Crippen LogP) is 3.73. The number of carboxylic acids is 1. The van der Waals surface area contributed by atoms with Crippen LogP contribution >= 0.6 is 0 Å². The molecule has 8 heteroatoms. The van der Waals surface area contributed by atoms with Crippen molar-refractivity contribution in [3.05, 3.63) is 63.4 Å². The molecule has 2 N–H and O–H groups in total. The van der Waals surface area contributed by atoms with E-state index in [-0.39, 0.29) is 23.3 Å². The average molecular weight is 451 g/mol. The number of nitrogens with one attached hydrogen (secondary N) is 1. The van der Waals surface area contributed by atoms with Crippen LogP contribution in [0.1, 0.15) is 47.3 Å². The zero-order valence-corrected chi connectivity index (χ0v) is 19.5. The molecule has 0 aliphatic carbocycles. The first kappa shape index (κ1) is 22.8. The van der Waals surface area contributed by atoms with E-state index in [4.69, 9.17) is 9.72 Å². The Labute approximate surface area is 192 Å². The van der Waals surface area contributed by atoms with Crippen LogP contribution in [0.25, 0.3) is 10.9 Å². The number of nitrogens with zero attached hydrogens (tertiary/aromatic N) is 3. The quantitative estimate of drug-likeness (QED) is 0.591. The molecular weight excluding hydrogens is 420 g/mol. The number of hydrogen-bond donors (Lipinski definition) is 2. The van der Waals surface area contributed by atoms with Crippen molar-refractivity contribution in [3.63, 3.8) is 0 Å². The Morgan fingerprint density at radius 2 is 1.94 bits per heavy atom. The summed E-state index contributed by atoms with van der Waals surface area (Å²) in [5, 5.41) is 13.4. The summed E-state index contributed by atoms with van der Waals surface area (Å²) in [7, 11) is 3.50. The summed E-state index contributed by atoms with van der Waals surface area (Å²) in [6.07, 6.45) is 2.00. The van der Waals surface area contributed by atoms with Crippen molar-refractivity contribution in [1.82, 2.24) is 9.55 Å². The molecule has 33 heavy (non-hydrogen) atoms. The fourth-order valence-corrected chi connectivity index (χ4v) is 4.55. The van der Waals surface area contributed by atoms with Gasteiger partial charge in [-0.3, -0.25) is 9.36 Å². The van der Waals surface area contributed by atoms with Crippen molar-refractivity contribution in [2.75, 3.05) is 30.4 Å². The molecule has 174 valence electrons. The van der Waals surface area contributed by atoms with Gasteiger partial charge in [0.2, 0.25) is 5.95 Å². The third-order valence-electron chi connectivity index (χ3n) is 6.38. The first-order valence-corrected chi connectivity index (χ1v) is 11.2. The molecule has 2 heterocycles. The molecule has 0 radical (unpaired) electrons. The Morgan fingerprint density at radius 1 is 1.24 bits per heavy atom. The highest BCUT2D eigenvalue weighted by Gasteiger charge is 2.24. The summed E-state index contributed by atoms with van der Waals surface area (Å²) in [5.74, 6) is -0.349. The molecular formula is C25H30N4O4. The second-order valence-electron chi connectivity index (χ2n) is 8.67. The fraction of sp³-hybridized carbons (Fsp3) is 0.400. The molecule has 1 fully saturated rings. The summed E-state index contributed by atoms with van der Waals surface area (Å²) in [5.41, 5.74) is 3.08. The molecule has 2 aromatic carbocycles. The zero-order chi connectivity index (χ0) is 23.7. The van der Waals surface area contributed by atoms with Gasteiger partial charge < -0.3 is 20.1 Å². The number of ether oxygens (including phenoxy) is 1. The topological polar surface area (TPSA) is 96.7 Å². The Balaban J connectivity index is 1.78. The van der Waals surface area contributed by atoms with Gasteiger partial charge in [-0.1, -0.05) is 18.2 Å². The monoisotopic (exact) mass is 450 g/mol. The maximum absolute atomic E-state index is 13.3. The number of aromatic nitrogens is 2. The standard InChI is InChI=1S/C25H30N4O4/c1-15-13-19(16(2)26-21-8-6-5-7-18(21)24(31)32)22-20(14-15)23(30)28(3)25(27-22)29-11-9-17(33-4)10-12-29/h5-8,13-14,16-17,26H,9-12H2,1-4H3,(H,31,32). The minimum absolute atomic E-state index is 0.0908. The molecule has 1 aromatic heterocycles. The number of aromatic carboxylic acids is 1. The SMILES string of the molecule is COC1CCN(c2nc3c(C(C)Nc4ccccc4C(=O)O)cc(C)cc3c(=O)n2C)CC1. The van der Waals surface area contributed by atoms with E-state index in [1.807, 2.05) is 26.0 Å².